The fraction of sp³-hybridized carbons (Fsp3) is 0.400. The molecule has 1 fully saturated rings. The number of hydrogen-bond acceptors (Lipinski definition) is 6. The number of halogens is 3. The SMILES string of the molecule is CC(C)S(=O)(=O)c1ccc(CC(=O)N2CCCC(c3nnc(-c4ccc(C(F)(F)F)cc4)o3)C2)cc1. The third kappa shape index (κ3) is 5.61. The van der Waals surface area contributed by atoms with Gasteiger partial charge in [-0.25, -0.2) is 8.42 Å². The molecule has 1 amide bonds. The number of sulfone groups is 1. The monoisotopic (exact) mass is 521 g/mol. The minimum atomic E-state index is -4.43. The van der Waals surface area contributed by atoms with E-state index in [1.54, 1.807) is 30.9 Å². The Balaban J connectivity index is 1.40. The Morgan fingerprint density at radius 3 is 2.36 bits per heavy atom. The Bertz CT molecular complexity index is 1320. The average molecular weight is 522 g/mol. The maximum absolute atomic E-state index is 12.9. The predicted octanol–water partition coefficient (Wildman–Crippen LogP) is 4.89. The Kier molecular flexibility index (Phi) is 7.21. The first kappa shape index (κ1) is 25.9. The van der Waals surface area contributed by atoms with Crippen LogP contribution < -0.4 is 0 Å². The van der Waals surface area contributed by atoms with E-state index in [0.717, 1.165) is 25.0 Å². The highest BCUT2D eigenvalue weighted by Crippen LogP contribution is 2.32. The van der Waals surface area contributed by atoms with Gasteiger partial charge in [0.25, 0.3) is 0 Å². The van der Waals surface area contributed by atoms with Gasteiger partial charge in [-0.2, -0.15) is 13.2 Å². The van der Waals surface area contributed by atoms with Crippen molar-refractivity contribution in [3.8, 4) is 11.5 Å². The molecule has 2 heterocycles. The van der Waals surface area contributed by atoms with Crippen molar-refractivity contribution in [2.45, 2.75) is 55.3 Å². The molecule has 0 radical (unpaired) electrons. The Morgan fingerprint density at radius 1 is 1.08 bits per heavy atom. The van der Waals surface area contributed by atoms with Gasteiger partial charge >= 0.3 is 6.18 Å². The summed E-state index contributed by atoms with van der Waals surface area (Å²) in [4.78, 5) is 14.9. The second-order valence-electron chi connectivity index (χ2n) is 9.11. The molecule has 1 atom stereocenters. The second-order valence-corrected chi connectivity index (χ2v) is 11.6. The Hall–Kier alpha value is -3.21. The van der Waals surface area contributed by atoms with Crippen molar-refractivity contribution in [1.29, 1.82) is 0 Å². The summed E-state index contributed by atoms with van der Waals surface area (Å²) in [7, 11) is -3.38. The van der Waals surface area contributed by atoms with Crippen LogP contribution in [0.25, 0.3) is 11.5 Å². The summed E-state index contributed by atoms with van der Waals surface area (Å²) in [6.45, 7) is 4.20. The van der Waals surface area contributed by atoms with Crippen LogP contribution in [0.4, 0.5) is 13.2 Å². The fourth-order valence-electron chi connectivity index (χ4n) is 4.08. The van der Waals surface area contributed by atoms with Crippen molar-refractivity contribution in [3.63, 3.8) is 0 Å². The lowest BCUT2D eigenvalue weighted by atomic mass is 9.97. The summed E-state index contributed by atoms with van der Waals surface area (Å²) in [6.07, 6.45) is -2.82. The molecule has 1 saturated heterocycles. The van der Waals surface area contributed by atoms with E-state index in [9.17, 15) is 26.4 Å². The summed E-state index contributed by atoms with van der Waals surface area (Å²) in [5.41, 5.74) is 0.337. The largest absolute Gasteiger partial charge is 0.420 e. The molecule has 0 bridgehead atoms. The third-order valence-corrected chi connectivity index (χ3v) is 8.42. The maximum atomic E-state index is 12.9. The summed E-state index contributed by atoms with van der Waals surface area (Å²) < 4.78 is 68.7. The van der Waals surface area contributed by atoms with Crippen molar-refractivity contribution in [3.05, 3.63) is 65.5 Å². The molecule has 0 aliphatic carbocycles. The van der Waals surface area contributed by atoms with Gasteiger partial charge in [-0.05, 0) is 68.7 Å². The van der Waals surface area contributed by atoms with E-state index in [2.05, 4.69) is 10.2 Å². The van der Waals surface area contributed by atoms with Crippen molar-refractivity contribution in [2.75, 3.05) is 13.1 Å². The molecule has 0 spiro atoms. The standard InChI is InChI=1S/C25H26F3N3O4S/c1-16(2)36(33,34)21-11-5-17(6-12-21)14-22(32)31-13-3-4-19(15-31)24-30-29-23(35-24)18-7-9-20(10-8-18)25(26,27)28/h5-12,16,19H,3-4,13-15H2,1-2H3. The minimum Gasteiger partial charge on any atom is -0.420 e. The van der Waals surface area contributed by atoms with E-state index in [-0.39, 0.29) is 29.0 Å². The van der Waals surface area contributed by atoms with E-state index < -0.39 is 26.8 Å². The van der Waals surface area contributed by atoms with Crippen LogP contribution in [0.2, 0.25) is 0 Å². The number of piperidine rings is 1. The first-order chi connectivity index (χ1) is 16.9. The molecule has 1 aliphatic heterocycles. The van der Waals surface area contributed by atoms with E-state index in [1.807, 2.05) is 0 Å². The summed E-state index contributed by atoms with van der Waals surface area (Å²) >= 11 is 0. The first-order valence-electron chi connectivity index (χ1n) is 11.6. The van der Waals surface area contributed by atoms with Crippen LogP contribution in [0.3, 0.4) is 0 Å². The molecular formula is C25H26F3N3O4S. The molecule has 2 aromatic carbocycles. The van der Waals surface area contributed by atoms with E-state index in [0.29, 0.717) is 30.1 Å². The van der Waals surface area contributed by atoms with Gasteiger partial charge in [-0.15, -0.1) is 10.2 Å². The zero-order valence-corrected chi connectivity index (χ0v) is 20.6. The molecular weight excluding hydrogens is 495 g/mol. The van der Waals surface area contributed by atoms with Crippen LogP contribution >= 0.6 is 0 Å². The highest BCUT2D eigenvalue weighted by Gasteiger charge is 2.31. The fourth-order valence-corrected chi connectivity index (χ4v) is 5.14. The zero-order valence-electron chi connectivity index (χ0n) is 19.8. The number of likely N-dealkylation sites (tertiary alicyclic amines) is 1. The van der Waals surface area contributed by atoms with Crippen LogP contribution in [0.15, 0.2) is 57.8 Å². The number of carbonyl (C=O) groups excluding carboxylic acids is 1. The topological polar surface area (TPSA) is 93.4 Å². The highest BCUT2D eigenvalue weighted by atomic mass is 32.2. The summed E-state index contributed by atoms with van der Waals surface area (Å²) in [5.74, 6) is 0.183. The predicted molar refractivity (Wildman–Crippen MR) is 126 cm³/mol. The van der Waals surface area contributed by atoms with Gasteiger partial charge in [-0.1, -0.05) is 12.1 Å². The number of rotatable bonds is 6. The lowest BCUT2D eigenvalue weighted by Gasteiger charge is -2.31. The molecule has 1 aliphatic rings. The Labute approximate surface area is 207 Å². The molecule has 0 saturated carbocycles. The highest BCUT2D eigenvalue weighted by molar-refractivity contribution is 7.92. The molecule has 192 valence electrons. The van der Waals surface area contributed by atoms with Crippen LogP contribution in [-0.2, 0) is 27.2 Å². The average Bonchev–Trinajstić information content (AvgIpc) is 3.34. The van der Waals surface area contributed by atoms with Gasteiger partial charge in [0.05, 0.1) is 28.0 Å². The summed E-state index contributed by atoms with van der Waals surface area (Å²) in [6, 6.07) is 10.9. The van der Waals surface area contributed by atoms with Crippen LogP contribution in [0, 0.1) is 0 Å². The zero-order chi connectivity index (χ0) is 26.1. The van der Waals surface area contributed by atoms with Crippen LogP contribution in [0.1, 0.15) is 49.6 Å². The molecule has 0 N–H and O–H groups in total. The lowest BCUT2D eigenvalue weighted by molar-refractivity contribution is -0.137. The number of hydrogen-bond donors (Lipinski definition) is 0. The molecule has 3 aromatic rings. The molecule has 1 aromatic heterocycles. The number of amides is 1. The van der Waals surface area contributed by atoms with Gasteiger partial charge in [-0.3, -0.25) is 4.79 Å². The van der Waals surface area contributed by atoms with Gasteiger partial charge < -0.3 is 9.32 Å². The quantitative estimate of drug-likeness (QED) is 0.459. The number of nitrogens with zero attached hydrogens (tertiary/aromatic N) is 3. The van der Waals surface area contributed by atoms with E-state index >= 15 is 0 Å². The third-order valence-electron chi connectivity index (χ3n) is 6.25. The number of aromatic nitrogens is 2. The van der Waals surface area contributed by atoms with Crippen LogP contribution in [0.5, 0.6) is 0 Å². The minimum absolute atomic E-state index is 0.0957. The maximum Gasteiger partial charge on any atom is 0.416 e. The number of carbonyl (C=O) groups is 1. The van der Waals surface area contributed by atoms with Gasteiger partial charge in [0, 0.05) is 18.7 Å². The molecule has 11 heteroatoms. The molecule has 4 rings (SSSR count). The van der Waals surface area contributed by atoms with Crippen molar-refractivity contribution < 1.29 is 30.8 Å². The number of alkyl halides is 3. The van der Waals surface area contributed by atoms with Crippen molar-refractivity contribution in [2.24, 2.45) is 0 Å². The van der Waals surface area contributed by atoms with Crippen molar-refractivity contribution >= 4 is 15.7 Å². The molecule has 36 heavy (non-hydrogen) atoms. The number of benzene rings is 2. The van der Waals surface area contributed by atoms with Crippen molar-refractivity contribution in [1.82, 2.24) is 15.1 Å². The van der Waals surface area contributed by atoms with Gasteiger partial charge in [0.2, 0.25) is 17.7 Å². The lowest BCUT2D eigenvalue weighted by Crippen LogP contribution is -2.40. The smallest absolute Gasteiger partial charge is 0.416 e. The van der Waals surface area contributed by atoms with Gasteiger partial charge in [0.15, 0.2) is 9.84 Å². The van der Waals surface area contributed by atoms with E-state index in [1.165, 1.54) is 24.3 Å². The Morgan fingerprint density at radius 2 is 1.75 bits per heavy atom. The van der Waals surface area contributed by atoms with Crippen LogP contribution in [-0.4, -0.2) is 47.8 Å². The molecule has 1 unspecified atom stereocenters. The van der Waals surface area contributed by atoms with E-state index in [4.69, 9.17) is 4.42 Å². The second kappa shape index (κ2) is 10.0. The summed E-state index contributed by atoms with van der Waals surface area (Å²) in [5, 5.41) is 7.53. The first-order valence-corrected chi connectivity index (χ1v) is 13.1. The molecule has 7 nitrogen and oxygen atoms in total. The van der Waals surface area contributed by atoms with Gasteiger partial charge in [0.1, 0.15) is 0 Å². The normalized spacial score (nSPS) is 16.9.